The third kappa shape index (κ3) is 7.36. The molecule has 5 nitrogen and oxygen atoms in total. The van der Waals surface area contributed by atoms with E-state index >= 15 is 0 Å². The van der Waals surface area contributed by atoms with E-state index in [9.17, 15) is 4.79 Å². The molecule has 1 rings (SSSR count). The molecule has 116 valence electrons. The first kappa shape index (κ1) is 16.8. The largest absolute Gasteiger partial charge is 0.462 e. The van der Waals surface area contributed by atoms with E-state index in [-0.39, 0.29) is 12.1 Å². The normalized spacial score (nSPS) is 16.5. The monoisotopic (exact) mass is 283 g/mol. The standard InChI is InChI=1S/C15H29N3O2/c1-4-16-15(18-12(2)3)17-11-7-10-14(19)20-13-8-5-6-9-13/h12-13H,4-11H2,1-3H3,(H2,16,17,18). The van der Waals surface area contributed by atoms with E-state index in [4.69, 9.17) is 4.74 Å². The van der Waals surface area contributed by atoms with Gasteiger partial charge in [-0.1, -0.05) is 0 Å². The van der Waals surface area contributed by atoms with Gasteiger partial charge in [-0.05, 0) is 52.9 Å². The minimum atomic E-state index is -0.0751. The predicted molar refractivity (Wildman–Crippen MR) is 81.8 cm³/mol. The Morgan fingerprint density at radius 2 is 2.05 bits per heavy atom. The number of hydrogen-bond donors (Lipinski definition) is 2. The lowest BCUT2D eigenvalue weighted by Crippen LogP contribution is -2.41. The van der Waals surface area contributed by atoms with E-state index in [0.717, 1.165) is 31.8 Å². The molecule has 0 spiro atoms. The molecule has 0 radical (unpaired) electrons. The van der Waals surface area contributed by atoms with Gasteiger partial charge in [-0.3, -0.25) is 9.79 Å². The Hall–Kier alpha value is -1.26. The molecular formula is C15H29N3O2. The molecule has 0 heterocycles. The summed E-state index contributed by atoms with van der Waals surface area (Å²) in [5.41, 5.74) is 0. The fourth-order valence-corrected chi connectivity index (χ4v) is 2.26. The third-order valence-corrected chi connectivity index (χ3v) is 3.18. The molecule has 0 bridgehead atoms. The lowest BCUT2D eigenvalue weighted by Gasteiger charge is -2.14. The van der Waals surface area contributed by atoms with Crippen LogP contribution in [0, 0.1) is 0 Å². The van der Waals surface area contributed by atoms with Crippen LogP contribution in [0.1, 0.15) is 59.3 Å². The van der Waals surface area contributed by atoms with E-state index in [1.165, 1.54) is 12.8 Å². The first-order valence-electron chi connectivity index (χ1n) is 7.86. The van der Waals surface area contributed by atoms with Crippen LogP contribution in [-0.2, 0) is 9.53 Å². The maximum atomic E-state index is 11.6. The zero-order chi connectivity index (χ0) is 14.8. The summed E-state index contributed by atoms with van der Waals surface area (Å²) in [4.78, 5) is 16.1. The Bertz CT molecular complexity index is 310. The highest BCUT2D eigenvalue weighted by atomic mass is 16.5. The molecule has 0 aromatic heterocycles. The van der Waals surface area contributed by atoms with E-state index in [2.05, 4.69) is 29.5 Å². The Morgan fingerprint density at radius 1 is 1.35 bits per heavy atom. The maximum absolute atomic E-state index is 11.6. The van der Waals surface area contributed by atoms with Crippen LogP contribution < -0.4 is 10.6 Å². The van der Waals surface area contributed by atoms with Crippen LogP contribution in [0.15, 0.2) is 4.99 Å². The number of ether oxygens (including phenoxy) is 1. The Kier molecular flexibility index (Phi) is 8.07. The van der Waals surface area contributed by atoms with E-state index in [1.807, 2.05) is 6.92 Å². The van der Waals surface area contributed by atoms with E-state index in [1.54, 1.807) is 0 Å². The topological polar surface area (TPSA) is 62.7 Å². The van der Waals surface area contributed by atoms with E-state index < -0.39 is 0 Å². The lowest BCUT2D eigenvalue weighted by molar-refractivity contribution is -0.148. The molecule has 0 aromatic rings. The summed E-state index contributed by atoms with van der Waals surface area (Å²) in [5, 5.41) is 6.43. The number of carbonyl (C=O) groups is 1. The summed E-state index contributed by atoms with van der Waals surface area (Å²) in [7, 11) is 0. The third-order valence-electron chi connectivity index (χ3n) is 3.18. The van der Waals surface area contributed by atoms with Crippen LogP contribution in [0.4, 0.5) is 0 Å². The van der Waals surface area contributed by atoms with Crippen molar-refractivity contribution >= 4 is 11.9 Å². The number of esters is 1. The van der Waals surface area contributed by atoms with Crippen LogP contribution in [0.3, 0.4) is 0 Å². The van der Waals surface area contributed by atoms with Gasteiger partial charge >= 0.3 is 5.97 Å². The summed E-state index contributed by atoms with van der Waals surface area (Å²) in [6, 6.07) is 0.347. The highest BCUT2D eigenvalue weighted by Gasteiger charge is 2.18. The second-order valence-electron chi connectivity index (χ2n) is 5.56. The number of nitrogens with zero attached hydrogens (tertiary/aromatic N) is 1. The average Bonchev–Trinajstić information content (AvgIpc) is 2.87. The average molecular weight is 283 g/mol. The molecule has 20 heavy (non-hydrogen) atoms. The van der Waals surface area contributed by atoms with Gasteiger partial charge in [0.25, 0.3) is 0 Å². The molecule has 1 aliphatic rings. The van der Waals surface area contributed by atoms with Gasteiger partial charge in [0.15, 0.2) is 5.96 Å². The number of aliphatic imine (C=N–C) groups is 1. The van der Waals surface area contributed by atoms with Crippen molar-refractivity contribution in [3.05, 3.63) is 0 Å². The first-order valence-corrected chi connectivity index (χ1v) is 7.86. The molecule has 0 aromatic carbocycles. The van der Waals surface area contributed by atoms with E-state index in [0.29, 0.717) is 19.0 Å². The zero-order valence-corrected chi connectivity index (χ0v) is 13.1. The predicted octanol–water partition coefficient (Wildman–Crippen LogP) is 2.22. The molecule has 2 N–H and O–H groups in total. The number of hydrogen-bond acceptors (Lipinski definition) is 3. The molecule has 1 aliphatic carbocycles. The quantitative estimate of drug-likeness (QED) is 0.325. The van der Waals surface area contributed by atoms with Crippen molar-refractivity contribution in [3.63, 3.8) is 0 Å². The second-order valence-corrected chi connectivity index (χ2v) is 5.56. The van der Waals surface area contributed by atoms with Gasteiger partial charge in [0.1, 0.15) is 6.10 Å². The molecular weight excluding hydrogens is 254 g/mol. The Labute approximate surface area is 122 Å². The van der Waals surface area contributed by atoms with Gasteiger partial charge in [0, 0.05) is 25.6 Å². The number of guanidine groups is 1. The first-order chi connectivity index (χ1) is 9.61. The molecule has 0 atom stereocenters. The van der Waals surface area contributed by atoms with Crippen LogP contribution in [-0.4, -0.2) is 37.2 Å². The van der Waals surface area contributed by atoms with Crippen molar-refractivity contribution in [2.45, 2.75) is 71.4 Å². The van der Waals surface area contributed by atoms with Crippen LogP contribution in [0.25, 0.3) is 0 Å². The maximum Gasteiger partial charge on any atom is 0.306 e. The minimum absolute atomic E-state index is 0.0751. The van der Waals surface area contributed by atoms with Crippen LogP contribution in [0.5, 0.6) is 0 Å². The summed E-state index contributed by atoms with van der Waals surface area (Å²) in [6.45, 7) is 7.66. The van der Waals surface area contributed by atoms with Crippen molar-refractivity contribution in [2.24, 2.45) is 4.99 Å². The molecule has 1 saturated carbocycles. The molecule has 1 fully saturated rings. The molecule has 0 saturated heterocycles. The van der Waals surface area contributed by atoms with Crippen molar-refractivity contribution in [2.75, 3.05) is 13.1 Å². The molecule has 0 amide bonds. The lowest BCUT2D eigenvalue weighted by atomic mass is 10.3. The summed E-state index contributed by atoms with van der Waals surface area (Å²) >= 11 is 0. The SMILES string of the molecule is CCNC(=NCCCC(=O)OC1CCCC1)NC(C)C. The number of rotatable bonds is 7. The second kappa shape index (κ2) is 9.61. The molecule has 5 heteroatoms. The van der Waals surface area contributed by atoms with Gasteiger partial charge in [-0.15, -0.1) is 0 Å². The molecule has 0 aliphatic heterocycles. The van der Waals surface area contributed by atoms with Crippen LogP contribution in [0.2, 0.25) is 0 Å². The fourth-order valence-electron chi connectivity index (χ4n) is 2.26. The highest BCUT2D eigenvalue weighted by molar-refractivity contribution is 5.80. The summed E-state index contributed by atoms with van der Waals surface area (Å²) in [5.74, 6) is 0.737. The fraction of sp³-hybridized carbons (Fsp3) is 0.867. The number of carbonyl (C=O) groups excluding carboxylic acids is 1. The van der Waals surface area contributed by atoms with Gasteiger partial charge in [-0.2, -0.15) is 0 Å². The van der Waals surface area contributed by atoms with Crippen molar-refractivity contribution in [1.29, 1.82) is 0 Å². The Morgan fingerprint density at radius 3 is 2.65 bits per heavy atom. The van der Waals surface area contributed by atoms with Crippen LogP contribution >= 0.6 is 0 Å². The van der Waals surface area contributed by atoms with Gasteiger partial charge < -0.3 is 15.4 Å². The summed E-state index contributed by atoms with van der Waals surface area (Å²) < 4.78 is 5.41. The van der Waals surface area contributed by atoms with Crippen molar-refractivity contribution in [3.8, 4) is 0 Å². The smallest absolute Gasteiger partial charge is 0.306 e. The number of nitrogens with one attached hydrogen (secondary N) is 2. The van der Waals surface area contributed by atoms with Gasteiger partial charge in [-0.25, -0.2) is 0 Å². The minimum Gasteiger partial charge on any atom is -0.462 e. The van der Waals surface area contributed by atoms with Gasteiger partial charge in [0.05, 0.1) is 0 Å². The van der Waals surface area contributed by atoms with Crippen molar-refractivity contribution in [1.82, 2.24) is 10.6 Å². The Balaban J connectivity index is 2.18. The van der Waals surface area contributed by atoms with Gasteiger partial charge in [0.2, 0.25) is 0 Å². The summed E-state index contributed by atoms with van der Waals surface area (Å²) in [6.07, 6.45) is 5.82. The highest BCUT2D eigenvalue weighted by Crippen LogP contribution is 2.21. The van der Waals surface area contributed by atoms with Crippen molar-refractivity contribution < 1.29 is 9.53 Å². The molecule has 0 unspecified atom stereocenters. The zero-order valence-electron chi connectivity index (χ0n) is 13.1.